The molecule has 0 radical (unpaired) electrons. The summed E-state index contributed by atoms with van der Waals surface area (Å²) in [6.45, 7) is 8.37. The van der Waals surface area contributed by atoms with Gasteiger partial charge < -0.3 is 10.1 Å². The molecule has 24 heavy (non-hydrogen) atoms. The zero-order valence-corrected chi connectivity index (χ0v) is 15.3. The first-order chi connectivity index (χ1) is 11.4. The molecule has 0 aliphatic rings. The third-order valence-electron chi connectivity index (χ3n) is 4.53. The highest BCUT2D eigenvalue weighted by Gasteiger charge is 2.13. The number of aryl methyl sites for hydroxylation is 4. The molecule has 3 heteroatoms. The monoisotopic (exact) mass is 325 g/mol. The van der Waals surface area contributed by atoms with Gasteiger partial charge in [0.25, 0.3) is 0 Å². The largest absolute Gasteiger partial charge is 0.497 e. The van der Waals surface area contributed by atoms with Crippen LogP contribution in [-0.2, 0) is 11.2 Å². The summed E-state index contributed by atoms with van der Waals surface area (Å²) in [4.78, 5) is 12.3. The molecule has 0 fully saturated rings. The normalized spacial score (nSPS) is 11.9. The number of methoxy groups -OCH3 is 1. The second-order valence-corrected chi connectivity index (χ2v) is 6.43. The predicted octanol–water partition coefficient (Wildman–Crippen LogP) is 4.43. The van der Waals surface area contributed by atoms with Crippen LogP contribution in [0, 0.1) is 20.8 Å². The zero-order chi connectivity index (χ0) is 17.7. The molecule has 2 aromatic carbocycles. The van der Waals surface area contributed by atoms with Crippen molar-refractivity contribution < 1.29 is 9.53 Å². The quantitative estimate of drug-likeness (QED) is 0.853. The summed E-state index contributed by atoms with van der Waals surface area (Å²) in [5, 5.41) is 3.11. The number of carbonyl (C=O) groups is 1. The van der Waals surface area contributed by atoms with Crippen LogP contribution in [0.25, 0.3) is 0 Å². The van der Waals surface area contributed by atoms with Gasteiger partial charge in [0.2, 0.25) is 5.91 Å². The van der Waals surface area contributed by atoms with Crippen molar-refractivity contribution >= 4 is 5.91 Å². The lowest BCUT2D eigenvalue weighted by atomic mass is 9.96. The van der Waals surface area contributed by atoms with Crippen molar-refractivity contribution in [2.75, 3.05) is 7.11 Å². The maximum Gasteiger partial charge on any atom is 0.220 e. The van der Waals surface area contributed by atoms with Gasteiger partial charge in [-0.1, -0.05) is 24.3 Å². The lowest BCUT2D eigenvalue weighted by Crippen LogP contribution is -2.27. The van der Waals surface area contributed by atoms with E-state index in [9.17, 15) is 4.79 Å². The number of hydrogen-bond donors (Lipinski definition) is 1. The standard InChI is InChI=1S/C21H27NO2/c1-14-12-16(3)20(13-15(14)2)17(4)22-21(23)11-8-18-6-9-19(24-5)10-7-18/h6-7,9-10,12-13,17H,8,11H2,1-5H3,(H,22,23)/t17-/m1/s1. The maximum atomic E-state index is 12.3. The predicted molar refractivity (Wildman–Crippen MR) is 98.5 cm³/mol. The van der Waals surface area contributed by atoms with Gasteiger partial charge in [-0.3, -0.25) is 4.79 Å². The van der Waals surface area contributed by atoms with E-state index in [1.807, 2.05) is 31.2 Å². The molecule has 0 bridgehead atoms. The Balaban J connectivity index is 1.92. The fraction of sp³-hybridized carbons (Fsp3) is 0.381. The summed E-state index contributed by atoms with van der Waals surface area (Å²) >= 11 is 0. The second-order valence-electron chi connectivity index (χ2n) is 6.43. The Morgan fingerprint density at radius 3 is 2.29 bits per heavy atom. The minimum atomic E-state index is 0.0210. The van der Waals surface area contributed by atoms with E-state index in [0.717, 1.165) is 17.7 Å². The van der Waals surface area contributed by atoms with Crippen molar-refractivity contribution in [3.63, 3.8) is 0 Å². The third kappa shape index (κ3) is 4.60. The van der Waals surface area contributed by atoms with Crippen molar-refractivity contribution in [2.24, 2.45) is 0 Å². The van der Waals surface area contributed by atoms with Gasteiger partial charge in [0.05, 0.1) is 13.2 Å². The third-order valence-corrected chi connectivity index (χ3v) is 4.53. The van der Waals surface area contributed by atoms with E-state index in [0.29, 0.717) is 6.42 Å². The van der Waals surface area contributed by atoms with Gasteiger partial charge in [-0.15, -0.1) is 0 Å². The summed E-state index contributed by atoms with van der Waals surface area (Å²) in [6.07, 6.45) is 1.22. The molecular formula is C21H27NO2. The Kier molecular flexibility index (Phi) is 6.02. The number of amides is 1. The van der Waals surface area contributed by atoms with E-state index in [2.05, 4.69) is 38.2 Å². The van der Waals surface area contributed by atoms with Crippen LogP contribution >= 0.6 is 0 Å². The molecule has 0 heterocycles. The molecule has 3 nitrogen and oxygen atoms in total. The van der Waals surface area contributed by atoms with Crippen molar-refractivity contribution in [1.82, 2.24) is 5.32 Å². The lowest BCUT2D eigenvalue weighted by Gasteiger charge is -2.18. The molecule has 0 aromatic heterocycles. The highest BCUT2D eigenvalue weighted by atomic mass is 16.5. The first-order valence-corrected chi connectivity index (χ1v) is 8.40. The molecule has 1 amide bonds. The zero-order valence-electron chi connectivity index (χ0n) is 15.3. The summed E-state index contributed by atoms with van der Waals surface area (Å²) in [5.41, 5.74) is 6.10. The molecule has 2 aromatic rings. The Morgan fingerprint density at radius 1 is 1.04 bits per heavy atom. The Bertz CT molecular complexity index is 705. The van der Waals surface area contributed by atoms with E-state index in [4.69, 9.17) is 4.74 Å². The van der Waals surface area contributed by atoms with Crippen LogP contribution in [-0.4, -0.2) is 13.0 Å². The van der Waals surface area contributed by atoms with Crippen LogP contribution < -0.4 is 10.1 Å². The van der Waals surface area contributed by atoms with E-state index in [1.165, 1.54) is 22.3 Å². The lowest BCUT2D eigenvalue weighted by molar-refractivity contribution is -0.121. The highest BCUT2D eigenvalue weighted by Crippen LogP contribution is 2.22. The van der Waals surface area contributed by atoms with Gasteiger partial charge in [-0.25, -0.2) is 0 Å². The van der Waals surface area contributed by atoms with Crippen molar-refractivity contribution in [3.05, 3.63) is 64.2 Å². The van der Waals surface area contributed by atoms with E-state index < -0.39 is 0 Å². The molecule has 128 valence electrons. The van der Waals surface area contributed by atoms with Crippen molar-refractivity contribution in [3.8, 4) is 5.75 Å². The molecule has 0 saturated heterocycles. The topological polar surface area (TPSA) is 38.3 Å². The molecule has 0 aliphatic carbocycles. The molecular weight excluding hydrogens is 298 g/mol. The summed E-state index contributed by atoms with van der Waals surface area (Å²) < 4.78 is 5.15. The Hall–Kier alpha value is -2.29. The average molecular weight is 325 g/mol. The number of benzene rings is 2. The van der Waals surface area contributed by atoms with Gasteiger partial charge in [0.1, 0.15) is 5.75 Å². The van der Waals surface area contributed by atoms with Gasteiger partial charge in [0.15, 0.2) is 0 Å². The number of ether oxygens (including phenoxy) is 1. The minimum absolute atomic E-state index is 0.0210. The molecule has 2 rings (SSSR count). The molecule has 0 aliphatic heterocycles. The summed E-state index contributed by atoms with van der Waals surface area (Å²) in [6, 6.07) is 12.2. The first-order valence-electron chi connectivity index (χ1n) is 8.40. The van der Waals surface area contributed by atoms with E-state index in [-0.39, 0.29) is 11.9 Å². The molecule has 1 N–H and O–H groups in total. The number of hydrogen-bond acceptors (Lipinski definition) is 2. The number of carbonyl (C=O) groups excluding carboxylic acids is 1. The van der Waals surface area contributed by atoms with E-state index in [1.54, 1.807) is 7.11 Å². The first kappa shape index (κ1) is 18.1. The van der Waals surface area contributed by atoms with Crippen LogP contribution in [0.5, 0.6) is 5.75 Å². The van der Waals surface area contributed by atoms with Gasteiger partial charge in [0, 0.05) is 6.42 Å². The minimum Gasteiger partial charge on any atom is -0.497 e. The number of rotatable bonds is 6. The molecule has 0 spiro atoms. The Morgan fingerprint density at radius 2 is 1.67 bits per heavy atom. The smallest absolute Gasteiger partial charge is 0.220 e. The van der Waals surface area contributed by atoms with Crippen molar-refractivity contribution in [2.45, 2.75) is 46.6 Å². The van der Waals surface area contributed by atoms with Crippen LogP contribution in [0.15, 0.2) is 36.4 Å². The van der Waals surface area contributed by atoms with Gasteiger partial charge in [-0.05, 0) is 74.1 Å². The van der Waals surface area contributed by atoms with Crippen LogP contribution in [0.2, 0.25) is 0 Å². The second kappa shape index (κ2) is 8.00. The van der Waals surface area contributed by atoms with Crippen LogP contribution in [0.1, 0.15) is 47.2 Å². The van der Waals surface area contributed by atoms with Crippen LogP contribution in [0.3, 0.4) is 0 Å². The van der Waals surface area contributed by atoms with Gasteiger partial charge >= 0.3 is 0 Å². The molecule has 1 atom stereocenters. The highest BCUT2D eigenvalue weighted by molar-refractivity contribution is 5.76. The summed E-state index contributed by atoms with van der Waals surface area (Å²) in [7, 11) is 1.65. The number of nitrogens with one attached hydrogen (secondary N) is 1. The Labute approximate surface area is 145 Å². The average Bonchev–Trinajstić information content (AvgIpc) is 2.56. The fourth-order valence-electron chi connectivity index (χ4n) is 2.89. The molecule has 0 saturated carbocycles. The maximum absolute atomic E-state index is 12.3. The van der Waals surface area contributed by atoms with E-state index >= 15 is 0 Å². The van der Waals surface area contributed by atoms with Crippen molar-refractivity contribution in [1.29, 1.82) is 0 Å². The SMILES string of the molecule is COc1ccc(CCC(=O)N[C@H](C)c2cc(C)c(C)cc2C)cc1. The fourth-order valence-corrected chi connectivity index (χ4v) is 2.89. The molecule has 0 unspecified atom stereocenters. The van der Waals surface area contributed by atoms with Gasteiger partial charge in [-0.2, -0.15) is 0 Å². The summed E-state index contributed by atoms with van der Waals surface area (Å²) in [5.74, 6) is 0.915. The van der Waals surface area contributed by atoms with Crippen LogP contribution in [0.4, 0.5) is 0 Å².